The predicted molar refractivity (Wildman–Crippen MR) is 110 cm³/mol. The Morgan fingerprint density at radius 1 is 1.16 bits per heavy atom. The smallest absolute Gasteiger partial charge is 0.395 e. The van der Waals surface area contributed by atoms with Gasteiger partial charge in [0.1, 0.15) is 11.3 Å². The number of hydrogen-bond acceptors (Lipinski definition) is 6. The van der Waals surface area contributed by atoms with Crippen molar-refractivity contribution < 1.29 is 27.8 Å². The third-order valence-corrected chi connectivity index (χ3v) is 4.94. The van der Waals surface area contributed by atoms with Crippen LogP contribution in [0.4, 0.5) is 14.5 Å². The van der Waals surface area contributed by atoms with Crippen molar-refractivity contribution in [3.05, 3.63) is 57.5 Å². The van der Waals surface area contributed by atoms with Gasteiger partial charge in [-0.05, 0) is 25.1 Å². The maximum Gasteiger partial charge on any atom is 0.586 e. The van der Waals surface area contributed by atoms with Gasteiger partial charge in [0.15, 0.2) is 17.3 Å². The van der Waals surface area contributed by atoms with Crippen molar-refractivity contribution in [1.82, 2.24) is 20.1 Å². The molecule has 32 heavy (non-hydrogen) atoms. The van der Waals surface area contributed by atoms with E-state index in [4.69, 9.17) is 23.2 Å². The Hall–Kier alpha value is -3.44. The topological polar surface area (TPSA) is 107 Å². The number of nitrogens with one attached hydrogen (secondary N) is 2. The number of hydrogen-bond donors (Lipinski definition) is 2. The second-order valence-corrected chi connectivity index (χ2v) is 7.34. The molecule has 0 bridgehead atoms. The lowest BCUT2D eigenvalue weighted by atomic mass is 10.1. The molecule has 0 aliphatic carbocycles. The minimum Gasteiger partial charge on any atom is -0.395 e. The van der Waals surface area contributed by atoms with Crippen molar-refractivity contribution in [3.8, 4) is 17.3 Å². The number of nitrogens with zero attached hydrogens (tertiary/aromatic N) is 3. The van der Waals surface area contributed by atoms with E-state index in [1.54, 1.807) is 19.1 Å². The van der Waals surface area contributed by atoms with E-state index in [2.05, 4.69) is 30.2 Å². The van der Waals surface area contributed by atoms with Gasteiger partial charge in [0.25, 0.3) is 11.8 Å². The first-order valence-electron chi connectivity index (χ1n) is 8.94. The molecule has 3 aromatic rings. The molecule has 2 amide bonds. The highest BCUT2D eigenvalue weighted by atomic mass is 35.5. The van der Waals surface area contributed by atoms with E-state index in [1.165, 1.54) is 24.0 Å². The lowest BCUT2D eigenvalue weighted by Gasteiger charge is -2.15. The maximum absolute atomic E-state index is 13.6. The largest absolute Gasteiger partial charge is 0.586 e. The Morgan fingerprint density at radius 3 is 2.59 bits per heavy atom. The van der Waals surface area contributed by atoms with Crippen LogP contribution in [0.2, 0.25) is 10.0 Å². The number of benzene rings is 1. The SMILES string of the molecule is CNC(=O)c1c(NC(=O)c2cc(C)nn2-c2ncccc2Cl)c(Cl)cc2c1OC(F)(F)O2. The van der Waals surface area contributed by atoms with Crippen molar-refractivity contribution in [2.24, 2.45) is 0 Å². The summed E-state index contributed by atoms with van der Waals surface area (Å²) >= 11 is 12.4. The maximum atomic E-state index is 13.6. The lowest BCUT2D eigenvalue weighted by Crippen LogP contribution is -2.27. The number of halogens is 4. The first-order valence-corrected chi connectivity index (χ1v) is 9.70. The number of aryl methyl sites for hydroxylation is 1. The fourth-order valence-electron chi connectivity index (χ4n) is 3.05. The van der Waals surface area contributed by atoms with E-state index in [0.29, 0.717) is 5.69 Å². The van der Waals surface area contributed by atoms with Crippen molar-refractivity contribution >= 4 is 40.7 Å². The molecule has 2 N–H and O–H groups in total. The number of ether oxygens (including phenoxy) is 2. The number of pyridine rings is 1. The fraction of sp³-hybridized carbons (Fsp3) is 0.158. The zero-order valence-electron chi connectivity index (χ0n) is 16.4. The lowest BCUT2D eigenvalue weighted by molar-refractivity contribution is -0.286. The predicted octanol–water partition coefficient (Wildman–Crippen LogP) is 3.82. The summed E-state index contributed by atoms with van der Waals surface area (Å²) in [6.45, 7) is 1.65. The van der Waals surface area contributed by atoms with Gasteiger partial charge in [0.2, 0.25) is 0 Å². The fourth-order valence-corrected chi connectivity index (χ4v) is 3.49. The molecule has 0 fully saturated rings. The standard InChI is InChI=1S/C19H13Cl2F2N5O4/c1-8-6-11(28(27-8)16-9(20)4-3-5-25-16)17(29)26-14-10(21)7-12-15(13(14)18(30)24-2)32-19(22,23)31-12/h3-7H,1-2H3,(H,24,30)(H,26,29). The van der Waals surface area contributed by atoms with Gasteiger partial charge >= 0.3 is 6.29 Å². The zero-order chi connectivity index (χ0) is 23.2. The van der Waals surface area contributed by atoms with Crippen LogP contribution in [0.3, 0.4) is 0 Å². The van der Waals surface area contributed by atoms with Crippen LogP contribution in [0, 0.1) is 6.92 Å². The number of carbonyl (C=O) groups is 2. The first-order chi connectivity index (χ1) is 15.1. The van der Waals surface area contributed by atoms with Crippen LogP contribution in [0.25, 0.3) is 5.82 Å². The van der Waals surface area contributed by atoms with Gasteiger partial charge in [-0.25, -0.2) is 9.67 Å². The van der Waals surface area contributed by atoms with Gasteiger partial charge < -0.3 is 20.1 Å². The van der Waals surface area contributed by atoms with E-state index >= 15 is 0 Å². The van der Waals surface area contributed by atoms with Gasteiger partial charge in [-0.2, -0.15) is 5.10 Å². The number of aromatic nitrogens is 3. The molecule has 4 rings (SSSR count). The van der Waals surface area contributed by atoms with Gasteiger partial charge in [0, 0.05) is 19.3 Å². The van der Waals surface area contributed by atoms with Crippen molar-refractivity contribution in [2.45, 2.75) is 13.2 Å². The van der Waals surface area contributed by atoms with Gasteiger partial charge in [0.05, 0.1) is 21.4 Å². The Morgan fingerprint density at radius 2 is 1.91 bits per heavy atom. The molecule has 1 aliphatic rings. The van der Waals surface area contributed by atoms with Gasteiger partial charge in [-0.1, -0.05) is 23.2 Å². The molecular weight excluding hydrogens is 471 g/mol. The van der Waals surface area contributed by atoms with E-state index in [9.17, 15) is 18.4 Å². The zero-order valence-corrected chi connectivity index (χ0v) is 17.9. The van der Waals surface area contributed by atoms with Crippen LogP contribution < -0.4 is 20.1 Å². The van der Waals surface area contributed by atoms with Crippen LogP contribution >= 0.6 is 23.2 Å². The van der Waals surface area contributed by atoms with E-state index in [1.807, 2.05) is 0 Å². The molecule has 1 aliphatic heterocycles. The summed E-state index contributed by atoms with van der Waals surface area (Å²) in [6.07, 6.45) is -2.53. The molecule has 166 valence electrons. The third-order valence-electron chi connectivity index (χ3n) is 4.34. The van der Waals surface area contributed by atoms with Crippen LogP contribution in [0.1, 0.15) is 26.5 Å². The summed E-state index contributed by atoms with van der Waals surface area (Å²) in [6, 6.07) is 5.65. The number of rotatable bonds is 4. The number of amides is 2. The average Bonchev–Trinajstić information content (AvgIpc) is 3.26. The molecule has 9 nitrogen and oxygen atoms in total. The van der Waals surface area contributed by atoms with E-state index in [-0.39, 0.29) is 27.2 Å². The normalized spacial score (nSPS) is 13.7. The number of alkyl halides is 2. The molecule has 0 spiro atoms. The molecule has 2 aromatic heterocycles. The van der Waals surface area contributed by atoms with Gasteiger partial charge in [-0.3, -0.25) is 9.59 Å². The van der Waals surface area contributed by atoms with Gasteiger partial charge in [-0.15, -0.1) is 8.78 Å². The Kier molecular flexibility index (Phi) is 5.39. The first kappa shape index (κ1) is 21.8. The van der Waals surface area contributed by atoms with Crippen molar-refractivity contribution in [2.75, 3.05) is 12.4 Å². The molecule has 1 aromatic carbocycles. The van der Waals surface area contributed by atoms with Crippen LogP contribution in [0.5, 0.6) is 11.5 Å². The number of anilines is 1. The van der Waals surface area contributed by atoms with Crippen LogP contribution in [0.15, 0.2) is 30.5 Å². The minimum atomic E-state index is -4.00. The summed E-state index contributed by atoms with van der Waals surface area (Å²) in [5.74, 6) is -2.41. The highest BCUT2D eigenvalue weighted by molar-refractivity contribution is 6.35. The molecule has 0 saturated carbocycles. The number of fused-ring (bicyclic) bond motifs is 1. The number of carbonyl (C=O) groups excluding carboxylic acids is 2. The summed E-state index contributed by atoms with van der Waals surface area (Å²) in [5.41, 5.74) is -0.211. The Bertz CT molecular complexity index is 1260. The quantitative estimate of drug-likeness (QED) is 0.584. The minimum absolute atomic E-state index is 0.00465. The average molecular weight is 484 g/mol. The van der Waals surface area contributed by atoms with Crippen LogP contribution in [-0.2, 0) is 0 Å². The summed E-state index contributed by atoms with van der Waals surface area (Å²) in [4.78, 5) is 29.7. The summed E-state index contributed by atoms with van der Waals surface area (Å²) in [7, 11) is 1.27. The van der Waals surface area contributed by atoms with Crippen molar-refractivity contribution in [1.29, 1.82) is 0 Å². The van der Waals surface area contributed by atoms with Crippen LogP contribution in [-0.4, -0.2) is 39.9 Å². The van der Waals surface area contributed by atoms with E-state index in [0.717, 1.165) is 6.07 Å². The molecule has 0 unspecified atom stereocenters. The molecule has 0 atom stereocenters. The van der Waals surface area contributed by atoms with Crippen molar-refractivity contribution in [3.63, 3.8) is 0 Å². The highest BCUT2D eigenvalue weighted by Crippen LogP contribution is 2.49. The third kappa shape index (κ3) is 3.80. The summed E-state index contributed by atoms with van der Waals surface area (Å²) < 4.78 is 37.3. The molecule has 0 radical (unpaired) electrons. The molecule has 13 heteroatoms. The van der Waals surface area contributed by atoms with E-state index < -0.39 is 35.2 Å². The highest BCUT2D eigenvalue weighted by Gasteiger charge is 2.46. The second-order valence-electron chi connectivity index (χ2n) is 6.53. The second kappa shape index (κ2) is 7.92. The Balaban J connectivity index is 1.79. The molecule has 3 heterocycles. The Labute approximate surface area is 189 Å². The monoisotopic (exact) mass is 483 g/mol. The summed E-state index contributed by atoms with van der Waals surface area (Å²) in [5, 5.41) is 9.00. The molecular formula is C19H13Cl2F2N5O4. The molecule has 0 saturated heterocycles.